The Bertz CT molecular complexity index is 1760. The number of phosphoric ester groups is 2. The second-order valence-corrected chi connectivity index (χ2v) is 30.1. The van der Waals surface area contributed by atoms with Crippen LogP contribution >= 0.6 is 15.6 Å². The standard InChI is InChI=1S/C70H136O17P2/c1-60(2)46-38-30-22-17-13-10-9-11-15-19-25-36-44-52-69(74)87-66(57-81-68(73)51-43-35-29-28-33-41-49-63(7)8)59-85-89(78,79)83-55-64(71)54-82-88(76,77)84-58-65(56-80-67(72)50-42-34-27-21-24-32-40-48-62(5)6)86-70(75)53-45-37-26-20-16-12-14-18-23-31-39-47-61(3)4/h60-66,71H,9-59H2,1-8H3,(H,76,77)(H,78,79)/t64?,65-,66-/m1/s1. The van der Waals surface area contributed by atoms with E-state index in [1.807, 2.05) is 0 Å². The van der Waals surface area contributed by atoms with Crippen molar-refractivity contribution < 1.29 is 80.2 Å². The van der Waals surface area contributed by atoms with E-state index in [4.69, 9.17) is 37.0 Å². The molecule has 0 radical (unpaired) electrons. The van der Waals surface area contributed by atoms with Gasteiger partial charge >= 0.3 is 39.5 Å². The van der Waals surface area contributed by atoms with E-state index < -0.39 is 97.5 Å². The third-order valence-electron chi connectivity index (χ3n) is 16.1. The van der Waals surface area contributed by atoms with Crippen LogP contribution in [0.1, 0.15) is 344 Å². The molecule has 528 valence electrons. The molecule has 3 N–H and O–H groups in total. The third-order valence-corrected chi connectivity index (χ3v) is 18.0. The van der Waals surface area contributed by atoms with Crippen LogP contribution in [0.5, 0.6) is 0 Å². The van der Waals surface area contributed by atoms with Crippen molar-refractivity contribution in [1.82, 2.24) is 0 Å². The molecule has 0 bridgehead atoms. The number of aliphatic hydroxyl groups excluding tert-OH is 1. The average molecular weight is 1310 g/mol. The molecular formula is C70H136O17P2. The van der Waals surface area contributed by atoms with Crippen LogP contribution in [0.2, 0.25) is 0 Å². The number of carbonyl (C=O) groups is 4. The highest BCUT2D eigenvalue weighted by atomic mass is 31.2. The van der Waals surface area contributed by atoms with E-state index in [1.165, 1.54) is 135 Å². The fraction of sp³-hybridized carbons (Fsp3) is 0.943. The third kappa shape index (κ3) is 64.6. The summed E-state index contributed by atoms with van der Waals surface area (Å²) >= 11 is 0. The topological polar surface area (TPSA) is 237 Å². The highest BCUT2D eigenvalue weighted by molar-refractivity contribution is 7.47. The van der Waals surface area contributed by atoms with Crippen LogP contribution in [0.4, 0.5) is 0 Å². The molecule has 19 heteroatoms. The van der Waals surface area contributed by atoms with Crippen LogP contribution in [0.3, 0.4) is 0 Å². The number of hydrogen-bond acceptors (Lipinski definition) is 15. The van der Waals surface area contributed by atoms with Gasteiger partial charge < -0.3 is 33.8 Å². The van der Waals surface area contributed by atoms with Crippen molar-refractivity contribution in [1.29, 1.82) is 0 Å². The molecule has 0 amide bonds. The van der Waals surface area contributed by atoms with Crippen LogP contribution in [0.25, 0.3) is 0 Å². The summed E-state index contributed by atoms with van der Waals surface area (Å²) in [4.78, 5) is 72.5. The highest BCUT2D eigenvalue weighted by Gasteiger charge is 2.30. The molecule has 0 aromatic rings. The van der Waals surface area contributed by atoms with Crippen molar-refractivity contribution in [3.05, 3.63) is 0 Å². The van der Waals surface area contributed by atoms with Gasteiger partial charge in [0.05, 0.1) is 26.4 Å². The monoisotopic (exact) mass is 1310 g/mol. The first kappa shape index (κ1) is 87.1. The Morgan fingerprint density at radius 1 is 0.281 bits per heavy atom. The molecule has 3 unspecified atom stereocenters. The van der Waals surface area contributed by atoms with Gasteiger partial charge in [0, 0.05) is 25.7 Å². The maximum absolute atomic E-state index is 13.0. The zero-order valence-corrected chi connectivity index (χ0v) is 59.8. The molecule has 0 aliphatic heterocycles. The van der Waals surface area contributed by atoms with Crippen LogP contribution in [0.15, 0.2) is 0 Å². The summed E-state index contributed by atoms with van der Waals surface area (Å²) in [7, 11) is -9.90. The smallest absolute Gasteiger partial charge is 0.462 e. The molecule has 17 nitrogen and oxygen atoms in total. The second kappa shape index (κ2) is 59.8. The first-order valence-electron chi connectivity index (χ1n) is 36.2. The molecule has 89 heavy (non-hydrogen) atoms. The summed E-state index contributed by atoms with van der Waals surface area (Å²) in [6.07, 6.45) is 41.9. The normalized spacial score (nSPS) is 14.3. The Kier molecular flexibility index (Phi) is 58.5. The van der Waals surface area contributed by atoms with Crippen molar-refractivity contribution >= 4 is 39.5 Å². The van der Waals surface area contributed by atoms with Crippen molar-refractivity contribution in [2.75, 3.05) is 39.6 Å². The van der Waals surface area contributed by atoms with Gasteiger partial charge in [0.15, 0.2) is 12.2 Å². The molecule has 0 aromatic carbocycles. The number of carbonyl (C=O) groups excluding carboxylic acids is 4. The van der Waals surface area contributed by atoms with E-state index in [1.54, 1.807) is 0 Å². The number of ether oxygens (including phenoxy) is 4. The van der Waals surface area contributed by atoms with Crippen molar-refractivity contribution in [3.63, 3.8) is 0 Å². The molecule has 0 aromatic heterocycles. The Morgan fingerprint density at radius 3 is 0.697 bits per heavy atom. The summed E-state index contributed by atoms with van der Waals surface area (Å²) in [6, 6.07) is 0. The lowest BCUT2D eigenvalue weighted by molar-refractivity contribution is -0.161. The SMILES string of the molecule is CC(C)CCCCCCCCCCCCCCCC(=O)O[C@H](COC(=O)CCCCCCCCC(C)C)COP(=O)(O)OCC(O)COP(=O)(O)OC[C@@H](COC(=O)CCCCCCCCCC(C)C)OC(=O)CCCCCCCCCCCCCC(C)C. The number of hydrogen-bond donors (Lipinski definition) is 3. The summed E-state index contributed by atoms with van der Waals surface area (Å²) in [5, 5.41) is 10.6. The Hall–Kier alpha value is -1.94. The summed E-state index contributed by atoms with van der Waals surface area (Å²) in [5.74, 6) is 0.805. The summed E-state index contributed by atoms with van der Waals surface area (Å²) in [6.45, 7) is 14.0. The maximum Gasteiger partial charge on any atom is 0.472 e. The number of phosphoric acid groups is 2. The quantitative estimate of drug-likeness (QED) is 0.0222. The first-order valence-corrected chi connectivity index (χ1v) is 39.2. The van der Waals surface area contributed by atoms with Gasteiger partial charge in [-0.05, 0) is 49.4 Å². The van der Waals surface area contributed by atoms with Gasteiger partial charge in [-0.2, -0.15) is 0 Å². The van der Waals surface area contributed by atoms with E-state index in [2.05, 4.69) is 55.4 Å². The predicted octanol–water partition coefficient (Wildman–Crippen LogP) is 19.7. The molecule has 0 saturated heterocycles. The average Bonchev–Trinajstić information content (AvgIpc) is 3.61. The minimum Gasteiger partial charge on any atom is -0.462 e. The molecule has 5 atom stereocenters. The number of esters is 4. The largest absolute Gasteiger partial charge is 0.472 e. The Morgan fingerprint density at radius 2 is 0.472 bits per heavy atom. The first-order chi connectivity index (χ1) is 42.6. The highest BCUT2D eigenvalue weighted by Crippen LogP contribution is 2.45. The minimum absolute atomic E-state index is 0.105. The number of aliphatic hydroxyl groups is 1. The van der Waals surface area contributed by atoms with Gasteiger partial charge in [0.2, 0.25) is 0 Å². The van der Waals surface area contributed by atoms with Crippen molar-refractivity contribution in [3.8, 4) is 0 Å². The van der Waals surface area contributed by atoms with Crippen LogP contribution in [-0.4, -0.2) is 96.7 Å². The van der Waals surface area contributed by atoms with Crippen LogP contribution < -0.4 is 0 Å². The summed E-state index contributed by atoms with van der Waals surface area (Å²) in [5.41, 5.74) is 0. The summed E-state index contributed by atoms with van der Waals surface area (Å²) < 4.78 is 68.2. The van der Waals surface area contributed by atoms with E-state index in [9.17, 15) is 43.2 Å². The fourth-order valence-electron chi connectivity index (χ4n) is 10.5. The minimum atomic E-state index is -4.95. The van der Waals surface area contributed by atoms with Gasteiger partial charge in [-0.15, -0.1) is 0 Å². The van der Waals surface area contributed by atoms with E-state index in [0.29, 0.717) is 37.5 Å². The molecule has 0 aliphatic carbocycles. The molecule has 0 rings (SSSR count). The van der Waals surface area contributed by atoms with Gasteiger partial charge in [-0.25, -0.2) is 9.13 Å². The lowest BCUT2D eigenvalue weighted by Gasteiger charge is -2.21. The Labute approximate surface area is 543 Å². The van der Waals surface area contributed by atoms with Gasteiger partial charge in [-0.1, -0.05) is 293 Å². The molecule has 0 heterocycles. The molecule has 0 aliphatic rings. The Balaban J connectivity index is 5.23. The van der Waals surface area contributed by atoms with Gasteiger partial charge in [-0.3, -0.25) is 37.3 Å². The molecule has 0 fully saturated rings. The predicted molar refractivity (Wildman–Crippen MR) is 358 cm³/mol. The fourth-order valence-corrected chi connectivity index (χ4v) is 12.1. The number of rotatable bonds is 67. The second-order valence-electron chi connectivity index (χ2n) is 27.2. The zero-order valence-electron chi connectivity index (χ0n) is 58.1. The van der Waals surface area contributed by atoms with Gasteiger partial charge in [0.1, 0.15) is 19.3 Å². The van der Waals surface area contributed by atoms with E-state index in [0.717, 1.165) is 115 Å². The van der Waals surface area contributed by atoms with E-state index >= 15 is 0 Å². The van der Waals surface area contributed by atoms with Crippen LogP contribution in [-0.2, 0) is 65.4 Å². The number of unbranched alkanes of at least 4 members (excludes halogenated alkanes) is 33. The van der Waals surface area contributed by atoms with E-state index in [-0.39, 0.29) is 25.7 Å². The molecule has 0 saturated carbocycles. The molecule has 0 spiro atoms. The van der Waals surface area contributed by atoms with Crippen LogP contribution in [0, 0.1) is 23.7 Å². The lowest BCUT2D eigenvalue weighted by atomic mass is 10.0. The zero-order chi connectivity index (χ0) is 66.1. The maximum atomic E-state index is 13.0. The van der Waals surface area contributed by atoms with Crippen molar-refractivity contribution in [2.24, 2.45) is 23.7 Å². The molecular weight excluding hydrogens is 1170 g/mol. The van der Waals surface area contributed by atoms with Crippen molar-refractivity contribution in [2.45, 2.75) is 363 Å². The van der Waals surface area contributed by atoms with Gasteiger partial charge in [0.25, 0.3) is 0 Å². The lowest BCUT2D eigenvalue weighted by Crippen LogP contribution is -2.30.